The Kier molecular flexibility index (Phi) is 7.06. The molecule has 1 aromatic heterocycles. The summed E-state index contributed by atoms with van der Waals surface area (Å²) in [6.45, 7) is 9.05. The molecule has 130 valence electrons. The van der Waals surface area contributed by atoms with Gasteiger partial charge >= 0.3 is 0 Å². The molecule has 0 unspecified atom stereocenters. The van der Waals surface area contributed by atoms with E-state index >= 15 is 0 Å². The highest BCUT2D eigenvalue weighted by atomic mass is 32.1. The van der Waals surface area contributed by atoms with Gasteiger partial charge in [-0.15, -0.1) is 11.3 Å². The third-order valence-electron chi connectivity index (χ3n) is 3.38. The van der Waals surface area contributed by atoms with Gasteiger partial charge in [-0.1, -0.05) is 12.1 Å². The summed E-state index contributed by atoms with van der Waals surface area (Å²) in [6.07, 6.45) is 1.89. The molecule has 5 nitrogen and oxygen atoms in total. The van der Waals surface area contributed by atoms with Crippen molar-refractivity contribution in [1.29, 1.82) is 0 Å². The molecule has 0 aliphatic heterocycles. The molecular formula is C18H26N4OS. The average Bonchev–Trinajstić information content (AvgIpc) is 2.99. The zero-order valence-electron chi connectivity index (χ0n) is 14.9. The summed E-state index contributed by atoms with van der Waals surface area (Å²) in [4.78, 5) is 12.4. The van der Waals surface area contributed by atoms with Crippen LogP contribution in [-0.4, -0.2) is 36.0 Å². The number of nitrogens with zero attached hydrogens (tertiary/aromatic N) is 3. The maximum atomic E-state index is 5.49. The Morgan fingerprint density at radius 3 is 2.62 bits per heavy atom. The van der Waals surface area contributed by atoms with Crippen LogP contribution < -0.4 is 10.1 Å². The number of nitrogens with one attached hydrogen (secondary N) is 1. The van der Waals surface area contributed by atoms with E-state index in [9.17, 15) is 0 Å². The summed E-state index contributed by atoms with van der Waals surface area (Å²) in [5.41, 5.74) is 1.22. The maximum absolute atomic E-state index is 5.49. The molecule has 2 aromatic rings. The van der Waals surface area contributed by atoms with Gasteiger partial charge in [0.1, 0.15) is 10.8 Å². The molecular weight excluding hydrogens is 320 g/mol. The molecule has 1 heterocycles. The quantitative estimate of drug-likeness (QED) is 0.616. The number of aliphatic imine (C=N–C) groups is 1. The fraction of sp³-hybridized carbons (Fsp3) is 0.444. The molecule has 1 N–H and O–H groups in total. The zero-order chi connectivity index (χ0) is 17.4. The maximum Gasteiger partial charge on any atom is 0.194 e. The van der Waals surface area contributed by atoms with Crippen molar-refractivity contribution in [2.75, 3.05) is 20.2 Å². The molecule has 0 aliphatic carbocycles. The second-order valence-corrected chi connectivity index (χ2v) is 6.79. The predicted molar refractivity (Wildman–Crippen MR) is 101 cm³/mol. The Morgan fingerprint density at radius 2 is 2.04 bits per heavy atom. The van der Waals surface area contributed by atoms with Crippen molar-refractivity contribution < 1.29 is 4.74 Å². The van der Waals surface area contributed by atoms with E-state index in [0.29, 0.717) is 13.2 Å². The number of aromatic nitrogens is 1. The van der Waals surface area contributed by atoms with E-state index in [2.05, 4.69) is 41.2 Å². The summed E-state index contributed by atoms with van der Waals surface area (Å²) >= 11 is 1.69. The average molecular weight is 347 g/mol. The lowest BCUT2D eigenvalue weighted by molar-refractivity contribution is 0.340. The zero-order valence-corrected chi connectivity index (χ0v) is 15.7. The van der Waals surface area contributed by atoms with Crippen molar-refractivity contribution in [3.05, 3.63) is 45.9 Å². The van der Waals surface area contributed by atoms with E-state index in [1.807, 2.05) is 32.3 Å². The highest BCUT2D eigenvalue weighted by Gasteiger charge is 2.07. The molecule has 2 rings (SSSR count). The Morgan fingerprint density at radius 1 is 1.29 bits per heavy atom. The van der Waals surface area contributed by atoms with E-state index in [4.69, 9.17) is 9.73 Å². The molecule has 0 saturated heterocycles. The number of hydrogen-bond donors (Lipinski definition) is 1. The van der Waals surface area contributed by atoms with Gasteiger partial charge < -0.3 is 15.0 Å². The number of thiazole rings is 1. The minimum absolute atomic E-state index is 0.606. The lowest BCUT2D eigenvalue weighted by atomic mass is 10.2. The van der Waals surface area contributed by atoms with E-state index in [-0.39, 0.29) is 0 Å². The number of benzene rings is 1. The van der Waals surface area contributed by atoms with Crippen LogP contribution in [0.4, 0.5) is 0 Å². The van der Waals surface area contributed by atoms with Crippen LogP contribution in [0.1, 0.15) is 29.3 Å². The van der Waals surface area contributed by atoms with Crippen molar-refractivity contribution in [3.8, 4) is 5.75 Å². The third-order valence-corrected chi connectivity index (χ3v) is 4.28. The van der Waals surface area contributed by atoms with Gasteiger partial charge in [-0.05, 0) is 38.5 Å². The van der Waals surface area contributed by atoms with Gasteiger partial charge in [0.05, 0.1) is 13.2 Å². The van der Waals surface area contributed by atoms with Gasteiger partial charge in [0, 0.05) is 31.2 Å². The molecule has 1 aromatic carbocycles. The Hall–Kier alpha value is -2.08. The van der Waals surface area contributed by atoms with Gasteiger partial charge in [0.2, 0.25) is 0 Å². The van der Waals surface area contributed by atoms with Crippen LogP contribution in [0.3, 0.4) is 0 Å². The number of guanidine groups is 1. The highest BCUT2D eigenvalue weighted by molar-refractivity contribution is 7.11. The number of ether oxygens (including phenoxy) is 1. The third kappa shape index (κ3) is 5.53. The fourth-order valence-electron chi connectivity index (χ4n) is 2.29. The van der Waals surface area contributed by atoms with Crippen LogP contribution in [0, 0.1) is 6.92 Å². The van der Waals surface area contributed by atoms with Crippen molar-refractivity contribution in [1.82, 2.24) is 15.2 Å². The SMILES string of the molecule is CCNC(=NCc1ncc(C)s1)N(C)Cc1ccc(OCC)cc1. The first-order valence-electron chi connectivity index (χ1n) is 8.24. The number of aryl methyl sites for hydroxylation is 1. The number of rotatable bonds is 7. The monoisotopic (exact) mass is 346 g/mol. The minimum atomic E-state index is 0.606. The summed E-state index contributed by atoms with van der Waals surface area (Å²) in [6, 6.07) is 8.20. The molecule has 0 amide bonds. The topological polar surface area (TPSA) is 49.8 Å². The Balaban J connectivity index is 2.00. The first kappa shape index (κ1) is 18.3. The molecule has 0 radical (unpaired) electrons. The van der Waals surface area contributed by atoms with Crippen molar-refractivity contribution in [3.63, 3.8) is 0 Å². The van der Waals surface area contributed by atoms with Crippen LogP contribution in [0.5, 0.6) is 5.75 Å². The molecule has 0 aliphatic rings. The van der Waals surface area contributed by atoms with Gasteiger partial charge in [-0.3, -0.25) is 0 Å². The van der Waals surface area contributed by atoms with Crippen molar-refractivity contribution in [2.45, 2.75) is 33.9 Å². The van der Waals surface area contributed by atoms with Crippen LogP contribution >= 0.6 is 11.3 Å². The lowest BCUT2D eigenvalue weighted by Crippen LogP contribution is -2.38. The van der Waals surface area contributed by atoms with E-state index < -0.39 is 0 Å². The second kappa shape index (κ2) is 9.27. The fourth-order valence-corrected chi connectivity index (χ4v) is 3.00. The Bertz CT molecular complexity index is 651. The molecule has 0 spiro atoms. The highest BCUT2D eigenvalue weighted by Crippen LogP contribution is 2.14. The minimum Gasteiger partial charge on any atom is -0.494 e. The van der Waals surface area contributed by atoms with Crippen LogP contribution in [0.25, 0.3) is 0 Å². The summed E-state index contributed by atoms with van der Waals surface area (Å²) in [5, 5.41) is 4.38. The molecule has 0 atom stereocenters. The Labute approximate surface area is 148 Å². The van der Waals surface area contributed by atoms with Crippen LogP contribution in [0.2, 0.25) is 0 Å². The smallest absolute Gasteiger partial charge is 0.194 e. The summed E-state index contributed by atoms with van der Waals surface area (Å²) < 4.78 is 5.49. The van der Waals surface area contributed by atoms with E-state index in [1.165, 1.54) is 10.4 Å². The molecule has 0 bridgehead atoms. The first-order valence-corrected chi connectivity index (χ1v) is 9.06. The number of hydrogen-bond acceptors (Lipinski definition) is 4. The largest absolute Gasteiger partial charge is 0.494 e. The second-order valence-electron chi connectivity index (χ2n) is 5.47. The normalized spacial score (nSPS) is 11.4. The van der Waals surface area contributed by atoms with Crippen molar-refractivity contribution >= 4 is 17.3 Å². The molecule has 24 heavy (non-hydrogen) atoms. The predicted octanol–water partition coefficient (Wildman–Crippen LogP) is 3.45. The summed E-state index contributed by atoms with van der Waals surface area (Å²) in [7, 11) is 2.05. The van der Waals surface area contributed by atoms with Crippen LogP contribution in [0.15, 0.2) is 35.5 Å². The molecule has 6 heteroatoms. The van der Waals surface area contributed by atoms with Crippen molar-refractivity contribution in [2.24, 2.45) is 4.99 Å². The lowest BCUT2D eigenvalue weighted by Gasteiger charge is -2.22. The first-order chi connectivity index (χ1) is 11.6. The van der Waals surface area contributed by atoms with E-state index in [1.54, 1.807) is 11.3 Å². The standard InChI is InChI=1S/C18H26N4OS/c1-5-19-18(21-12-17-20-11-14(3)24-17)22(4)13-15-7-9-16(10-8-15)23-6-2/h7-11H,5-6,12-13H2,1-4H3,(H,19,21). The summed E-state index contributed by atoms with van der Waals surface area (Å²) in [5.74, 6) is 1.79. The van der Waals surface area contributed by atoms with E-state index in [0.717, 1.165) is 29.8 Å². The van der Waals surface area contributed by atoms with Crippen LogP contribution in [-0.2, 0) is 13.1 Å². The van der Waals surface area contributed by atoms with Gasteiger partial charge in [-0.2, -0.15) is 0 Å². The van der Waals surface area contributed by atoms with Gasteiger partial charge in [-0.25, -0.2) is 9.98 Å². The van der Waals surface area contributed by atoms with Gasteiger partial charge in [0.25, 0.3) is 0 Å². The molecule has 0 saturated carbocycles. The molecule has 0 fully saturated rings. The van der Waals surface area contributed by atoms with Gasteiger partial charge in [0.15, 0.2) is 5.96 Å².